The van der Waals surface area contributed by atoms with Gasteiger partial charge in [-0.05, 0) is 97.8 Å². The van der Waals surface area contributed by atoms with Crippen molar-refractivity contribution in [1.29, 1.82) is 0 Å². The van der Waals surface area contributed by atoms with Crippen molar-refractivity contribution in [2.75, 3.05) is 0 Å². The average Bonchev–Trinajstić information content (AvgIpc) is 3.68. The summed E-state index contributed by atoms with van der Waals surface area (Å²) < 4.78 is 0. The molecule has 0 atom stereocenters. The number of rotatable bonds is 13. The van der Waals surface area contributed by atoms with Gasteiger partial charge in [0.15, 0.2) is 0 Å². The lowest BCUT2D eigenvalue weighted by Crippen LogP contribution is -2.12. The van der Waals surface area contributed by atoms with Gasteiger partial charge in [-0.15, -0.1) is 0 Å². The first-order valence-electron chi connectivity index (χ1n) is 23.9. The van der Waals surface area contributed by atoms with E-state index < -0.39 is 0 Å². The molecule has 0 saturated heterocycles. The molecule has 0 aromatic heterocycles. The van der Waals surface area contributed by atoms with Crippen LogP contribution in [0.15, 0.2) is 216 Å². The Balaban J connectivity index is 1.20. The molecule has 9 aromatic carbocycles. The molecular weight excluding hydrogens is 797 g/mol. The van der Waals surface area contributed by atoms with E-state index in [1.54, 1.807) is 0 Å². The Kier molecular flexibility index (Phi) is 12.2. The van der Waals surface area contributed by atoms with Crippen molar-refractivity contribution in [2.24, 2.45) is 9.98 Å². The van der Waals surface area contributed by atoms with Gasteiger partial charge in [-0.2, -0.15) is 0 Å². The SMILES string of the molecule is CCc1cc(C(c2ccccc2)c2ccccc2)cc(CC)c1N=C1C(=Nc2c(CC)cc(C(c3ccccc3)c3ccccc3)cc2CC)c2ccc(-c3ccccc3)c3cccc1c23. The Morgan fingerprint density at radius 2 is 0.652 bits per heavy atom. The van der Waals surface area contributed by atoms with Crippen molar-refractivity contribution in [1.82, 2.24) is 0 Å². The highest BCUT2D eigenvalue weighted by Gasteiger charge is 2.31. The number of aryl methyl sites for hydroxylation is 4. The number of hydrogen-bond acceptors (Lipinski definition) is 2. The minimum absolute atomic E-state index is 0.106. The van der Waals surface area contributed by atoms with Crippen LogP contribution in [0.1, 0.15) is 106 Å². The second kappa shape index (κ2) is 19.0. The molecule has 1 aliphatic carbocycles. The van der Waals surface area contributed by atoms with Gasteiger partial charge in [-0.1, -0.05) is 234 Å². The van der Waals surface area contributed by atoms with E-state index in [-0.39, 0.29) is 11.8 Å². The Morgan fingerprint density at radius 3 is 1.02 bits per heavy atom. The molecule has 10 rings (SSSR count). The maximum absolute atomic E-state index is 5.89. The first-order valence-corrected chi connectivity index (χ1v) is 23.9. The van der Waals surface area contributed by atoms with Gasteiger partial charge in [0.05, 0.1) is 22.8 Å². The molecule has 322 valence electrons. The molecule has 0 spiro atoms. The maximum Gasteiger partial charge on any atom is 0.0979 e. The van der Waals surface area contributed by atoms with Gasteiger partial charge in [0.25, 0.3) is 0 Å². The summed E-state index contributed by atoms with van der Waals surface area (Å²) in [5.74, 6) is 0.211. The molecule has 0 N–H and O–H groups in total. The molecule has 0 heterocycles. The standard InChI is InChI=1S/C64H56N2/c1-5-43-39-52(58(48-27-16-10-17-28-48)49-29-18-11-19-30-49)40-44(6-2)61(43)65-63-56-36-24-35-55-54(47-25-14-9-15-26-47)37-38-57(60(55)56)64(63)66-62-45(7-3)41-53(42-46(62)8-4)59(50-31-20-12-21-32-50)51-33-22-13-23-34-51/h9-42,58-59H,5-8H2,1-4H3. The highest BCUT2D eigenvalue weighted by atomic mass is 14.8. The van der Waals surface area contributed by atoms with Gasteiger partial charge in [-0.25, -0.2) is 9.98 Å². The van der Waals surface area contributed by atoms with Crippen LogP contribution in [0.3, 0.4) is 0 Å². The summed E-state index contributed by atoms with van der Waals surface area (Å²) in [6.07, 6.45) is 3.43. The van der Waals surface area contributed by atoms with E-state index in [0.29, 0.717) is 0 Å². The summed E-state index contributed by atoms with van der Waals surface area (Å²) in [6, 6.07) is 75.6. The molecule has 2 nitrogen and oxygen atoms in total. The van der Waals surface area contributed by atoms with Crippen molar-refractivity contribution in [3.8, 4) is 11.1 Å². The summed E-state index contributed by atoms with van der Waals surface area (Å²) >= 11 is 0. The lowest BCUT2D eigenvalue weighted by Gasteiger charge is -2.22. The van der Waals surface area contributed by atoms with Gasteiger partial charge in [0.2, 0.25) is 0 Å². The molecule has 9 aromatic rings. The number of aliphatic imine (C=N–C) groups is 2. The molecule has 0 amide bonds. The fraction of sp³-hybridized carbons (Fsp3) is 0.156. The van der Waals surface area contributed by atoms with Crippen molar-refractivity contribution < 1.29 is 0 Å². The minimum Gasteiger partial charge on any atom is -0.246 e. The Hall–Kier alpha value is -7.42. The molecule has 0 aliphatic heterocycles. The first-order chi connectivity index (χ1) is 32.6. The van der Waals surface area contributed by atoms with Crippen LogP contribution in [0.5, 0.6) is 0 Å². The molecule has 1 aliphatic rings. The van der Waals surface area contributed by atoms with Crippen LogP contribution in [0, 0.1) is 0 Å². The first kappa shape index (κ1) is 42.5. The Morgan fingerprint density at radius 1 is 0.318 bits per heavy atom. The third-order valence-electron chi connectivity index (χ3n) is 13.6. The van der Waals surface area contributed by atoms with E-state index in [0.717, 1.165) is 59.6 Å². The maximum atomic E-state index is 5.89. The molecule has 0 unspecified atom stereocenters. The molecule has 2 heteroatoms. The smallest absolute Gasteiger partial charge is 0.0979 e. The zero-order valence-electron chi connectivity index (χ0n) is 38.5. The number of hydrogen-bond donors (Lipinski definition) is 0. The van der Waals surface area contributed by atoms with Crippen LogP contribution < -0.4 is 0 Å². The summed E-state index contributed by atoms with van der Waals surface area (Å²) in [7, 11) is 0. The molecule has 66 heavy (non-hydrogen) atoms. The van der Waals surface area contributed by atoms with Crippen LogP contribution >= 0.6 is 0 Å². The van der Waals surface area contributed by atoms with Crippen LogP contribution in [0.4, 0.5) is 11.4 Å². The van der Waals surface area contributed by atoms with E-state index in [4.69, 9.17) is 9.98 Å². The summed E-state index contributed by atoms with van der Waals surface area (Å²) in [5, 5.41) is 2.44. The summed E-state index contributed by atoms with van der Waals surface area (Å²) in [5.41, 5.74) is 21.5. The lowest BCUT2D eigenvalue weighted by molar-refractivity contribution is 0.954. The van der Waals surface area contributed by atoms with Crippen molar-refractivity contribution >= 4 is 33.6 Å². The van der Waals surface area contributed by atoms with E-state index >= 15 is 0 Å². The van der Waals surface area contributed by atoms with Gasteiger partial charge in [0, 0.05) is 28.3 Å². The quantitative estimate of drug-likeness (QED) is 0.103. The molecule has 0 bridgehead atoms. The van der Waals surface area contributed by atoms with Crippen LogP contribution in [-0.4, -0.2) is 11.4 Å². The highest BCUT2D eigenvalue weighted by Crippen LogP contribution is 2.43. The predicted octanol–water partition coefficient (Wildman–Crippen LogP) is 16.4. The topological polar surface area (TPSA) is 24.7 Å². The molecular formula is C64H56N2. The van der Waals surface area contributed by atoms with Gasteiger partial charge in [-0.3, -0.25) is 0 Å². The normalized spacial score (nSPS) is 13.4. The molecule has 0 fully saturated rings. The zero-order chi connectivity index (χ0) is 45.0. The van der Waals surface area contributed by atoms with Crippen molar-refractivity contribution in [2.45, 2.75) is 65.2 Å². The van der Waals surface area contributed by atoms with E-state index in [1.165, 1.54) is 77.5 Å². The van der Waals surface area contributed by atoms with Crippen LogP contribution in [0.2, 0.25) is 0 Å². The number of benzene rings is 9. The fourth-order valence-corrected chi connectivity index (χ4v) is 10.4. The van der Waals surface area contributed by atoms with Crippen molar-refractivity contribution in [3.63, 3.8) is 0 Å². The van der Waals surface area contributed by atoms with Gasteiger partial charge in [0.1, 0.15) is 0 Å². The van der Waals surface area contributed by atoms with Gasteiger partial charge < -0.3 is 0 Å². The fourth-order valence-electron chi connectivity index (χ4n) is 10.4. The van der Waals surface area contributed by atoms with E-state index in [9.17, 15) is 0 Å². The highest BCUT2D eigenvalue weighted by molar-refractivity contribution is 6.61. The lowest BCUT2D eigenvalue weighted by atomic mass is 9.83. The van der Waals surface area contributed by atoms with Crippen LogP contribution in [-0.2, 0) is 25.7 Å². The van der Waals surface area contributed by atoms with E-state index in [2.05, 4.69) is 234 Å². The number of nitrogens with zero attached hydrogens (tertiary/aromatic N) is 2. The van der Waals surface area contributed by atoms with E-state index in [1.807, 2.05) is 0 Å². The third-order valence-corrected chi connectivity index (χ3v) is 13.6. The van der Waals surface area contributed by atoms with Crippen LogP contribution in [0.25, 0.3) is 21.9 Å². The Bertz CT molecular complexity index is 2910. The molecule has 0 radical (unpaired) electrons. The largest absolute Gasteiger partial charge is 0.246 e. The second-order valence-electron chi connectivity index (χ2n) is 17.5. The van der Waals surface area contributed by atoms with Gasteiger partial charge >= 0.3 is 0 Å². The average molecular weight is 853 g/mol. The Labute approximate surface area is 391 Å². The zero-order valence-corrected chi connectivity index (χ0v) is 38.5. The second-order valence-corrected chi connectivity index (χ2v) is 17.5. The predicted molar refractivity (Wildman–Crippen MR) is 280 cm³/mol. The monoisotopic (exact) mass is 852 g/mol. The summed E-state index contributed by atoms with van der Waals surface area (Å²) in [6.45, 7) is 9.09. The summed E-state index contributed by atoms with van der Waals surface area (Å²) in [4.78, 5) is 11.8. The molecule has 0 saturated carbocycles. The third kappa shape index (κ3) is 8.02. The minimum atomic E-state index is 0.106. The van der Waals surface area contributed by atoms with Crippen molar-refractivity contribution in [3.05, 3.63) is 273 Å².